The van der Waals surface area contributed by atoms with Gasteiger partial charge in [-0.2, -0.15) is 5.26 Å². The highest BCUT2D eigenvalue weighted by atomic mass is 28.4. The molecule has 22 heavy (non-hydrogen) atoms. The molecular formula is C17H25NO3Si. The standard InChI is InChI=1S/C17H25NO3Si/c1-17(2,3)22(5,6)21-12-13-7-9-14(10-8-13)15(11-18)16(19)20-4/h7-10,15H,12H2,1-6H3. The molecule has 1 aromatic carbocycles. The Balaban J connectivity index is 2.78. The number of hydrogen-bond acceptors (Lipinski definition) is 4. The van der Waals surface area contributed by atoms with E-state index in [4.69, 9.17) is 9.69 Å². The normalized spacial score (nSPS) is 13.3. The average molecular weight is 319 g/mol. The van der Waals surface area contributed by atoms with E-state index >= 15 is 0 Å². The molecule has 0 fully saturated rings. The van der Waals surface area contributed by atoms with Crippen molar-refractivity contribution >= 4 is 14.3 Å². The van der Waals surface area contributed by atoms with Gasteiger partial charge in [-0.25, -0.2) is 0 Å². The molecule has 0 saturated carbocycles. The second kappa shape index (κ2) is 7.08. The van der Waals surface area contributed by atoms with Crippen LogP contribution in [0.4, 0.5) is 0 Å². The fourth-order valence-corrected chi connectivity index (χ4v) is 2.63. The van der Waals surface area contributed by atoms with Crippen LogP contribution < -0.4 is 0 Å². The number of nitrogens with zero attached hydrogens (tertiary/aromatic N) is 1. The van der Waals surface area contributed by atoms with Crippen LogP contribution in [-0.2, 0) is 20.6 Å². The summed E-state index contributed by atoms with van der Waals surface area (Å²) < 4.78 is 10.8. The summed E-state index contributed by atoms with van der Waals surface area (Å²) in [5, 5.41) is 9.25. The molecule has 4 nitrogen and oxygen atoms in total. The number of carbonyl (C=O) groups excluding carboxylic acids is 1. The van der Waals surface area contributed by atoms with Crippen molar-refractivity contribution in [1.29, 1.82) is 5.26 Å². The van der Waals surface area contributed by atoms with Crippen LogP contribution in [-0.4, -0.2) is 21.4 Å². The number of methoxy groups -OCH3 is 1. The first-order chi connectivity index (χ1) is 10.1. The van der Waals surface area contributed by atoms with E-state index in [9.17, 15) is 4.79 Å². The largest absolute Gasteiger partial charge is 0.468 e. The Morgan fingerprint density at radius 2 is 1.82 bits per heavy atom. The van der Waals surface area contributed by atoms with Gasteiger partial charge in [-0.05, 0) is 29.3 Å². The third kappa shape index (κ3) is 4.42. The number of carbonyl (C=O) groups is 1. The van der Waals surface area contributed by atoms with Crippen LogP contribution in [0.5, 0.6) is 0 Å². The lowest BCUT2D eigenvalue weighted by molar-refractivity contribution is -0.140. The van der Waals surface area contributed by atoms with Crippen LogP contribution >= 0.6 is 0 Å². The molecule has 1 atom stereocenters. The highest BCUT2D eigenvalue weighted by molar-refractivity contribution is 6.74. The van der Waals surface area contributed by atoms with Gasteiger partial charge in [0.25, 0.3) is 0 Å². The zero-order chi connectivity index (χ0) is 17.0. The van der Waals surface area contributed by atoms with Crippen molar-refractivity contribution < 1.29 is 14.0 Å². The van der Waals surface area contributed by atoms with E-state index < -0.39 is 20.2 Å². The molecule has 0 amide bonds. The minimum absolute atomic E-state index is 0.170. The highest BCUT2D eigenvalue weighted by Crippen LogP contribution is 2.37. The zero-order valence-corrected chi connectivity index (χ0v) is 15.3. The number of benzene rings is 1. The predicted octanol–water partition coefficient (Wildman–Crippen LogP) is 3.99. The summed E-state index contributed by atoms with van der Waals surface area (Å²) in [6.07, 6.45) is 0. The van der Waals surface area contributed by atoms with E-state index in [1.165, 1.54) is 7.11 Å². The van der Waals surface area contributed by atoms with Crippen molar-refractivity contribution in [1.82, 2.24) is 0 Å². The molecule has 0 bridgehead atoms. The number of nitriles is 1. The second-order valence-electron chi connectivity index (χ2n) is 6.88. The molecule has 120 valence electrons. The molecule has 0 aliphatic rings. The minimum atomic E-state index is -1.78. The molecule has 0 heterocycles. The van der Waals surface area contributed by atoms with Crippen LogP contribution in [0, 0.1) is 11.3 Å². The van der Waals surface area contributed by atoms with Gasteiger partial charge in [-0.1, -0.05) is 45.0 Å². The minimum Gasteiger partial charge on any atom is -0.468 e. The Morgan fingerprint density at radius 1 is 1.27 bits per heavy atom. The molecule has 0 N–H and O–H groups in total. The lowest BCUT2D eigenvalue weighted by Crippen LogP contribution is -2.40. The first kappa shape index (κ1) is 18.4. The fourth-order valence-electron chi connectivity index (χ4n) is 1.67. The van der Waals surface area contributed by atoms with E-state index in [0.29, 0.717) is 12.2 Å². The summed E-state index contributed by atoms with van der Waals surface area (Å²) in [5.74, 6) is -1.41. The molecule has 0 radical (unpaired) electrons. The Kier molecular flexibility index (Phi) is 5.92. The molecule has 1 aromatic rings. The van der Waals surface area contributed by atoms with Crippen LogP contribution in [0.3, 0.4) is 0 Å². The molecular weight excluding hydrogens is 294 g/mol. The van der Waals surface area contributed by atoms with Crippen molar-refractivity contribution in [3.63, 3.8) is 0 Å². The maximum Gasteiger partial charge on any atom is 0.327 e. The van der Waals surface area contributed by atoms with Crippen molar-refractivity contribution in [2.75, 3.05) is 7.11 Å². The molecule has 5 heteroatoms. The summed E-state index contributed by atoms with van der Waals surface area (Å²) in [7, 11) is -0.494. The van der Waals surface area contributed by atoms with Gasteiger partial charge in [0.15, 0.2) is 14.2 Å². The predicted molar refractivity (Wildman–Crippen MR) is 88.8 cm³/mol. The van der Waals surface area contributed by atoms with E-state index in [0.717, 1.165) is 5.56 Å². The van der Waals surface area contributed by atoms with Crippen LogP contribution in [0.15, 0.2) is 24.3 Å². The van der Waals surface area contributed by atoms with Crippen LogP contribution in [0.2, 0.25) is 18.1 Å². The maximum atomic E-state index is 11.5. The first-order valence-corrected chi connectivity index (χ1v) is 10.2. The Bertz CT molecular complexity index is 553. The molecule has 0 aliphatic carbocycles. The third-order valence-electron chi connectivity index (χ3n) is 4.28. The van der Waals surface area contributed by atoms with Gasteiger partial charge in [0, 0.05) is 0 Å². The van der Waals surface area contributed by atoms with Gasteiger partial charge in [0.2, 0.25) is 0 Å². The van der Waals surface area contributed by atoms with Gasteiger partial charge in [-0.3, -0.25) is 4.79 Å². The number of ether oxygens (including phenoxy) is 1. The number of esters is 1. The molecule has 0 aromatic heterocycles. The van der Waals surface area contributed by atoms with Crippen molar-refractivity contribution in [2.24, 2.45) is 0 Å². The molecule has 1 unspecified atom stereocenters. The molecule has 0 spiro atoms. The van der Waals surface area contributed by atoms with Crippen LogP contribution in [0.25, 0.3) is 0 Å². The second-order valence-corrected chi connectivity index (χ2v) is 11.7. The van der Waals surface area contributed by atoms with Crippen LogP contribution in [0.1, 0.15) is 37.8 Å². The van der Waals surface area contributed by atoms with Crippen molar-refractivity contribution in [3.05, 3.63) is 35.4 Å². The van der Waals surface area contributed by atoms with Gasteiger partial charge >= 0.3 is 5.97 Å². The van der Waals surface area contributed by atoms with E-state index in [1.807, 2.05) is 18.2 Å². The number of hydrogen-bond donors (Lipinski definition) is 0. The fraction of sp³-hybridized carbons (Fsp3) is 0.529. The molecule has 0 saturated heterocycles. The lowest BCUT2D eigenvalue weighted by atomic mass is 10.00. The maximum absolute atomic E-state index is 11.5. The lowest BCUT2D eigenvalue weighted by Gasteiger charge is -2.36. The molecule has 0 aliphatic heterocycles. The zero-order valence-electron chi connectivity index (χ0n) is 14.3. The smallest absolute Gasteiger partial charge is 0.327 e. The van der Waals surface area contributed by atoms with E-state index in [2.05, 4.69) is 38.6 Å². The quantitative estimate of drug-likeness (QED) is 0.608. The van der Waals surface area contributed by atoms with Gasteiger partial charge < -0.3 is 9.16 Å². The van der Waals surface area contributed by atoms with E-state index in [1.54, 1.807) is 12.1 Å². The average Bonchev–Trinajstić information content (AvgIpc) is 2.45. The Morgan fingerprint density at radius 3 is 2.23 bits per heavy atom. The van der Waals surface area contributed by atoms with Crippen molar-refractivity contribution in [3.8, 4) is 6.07 Å². The Labute approximate surface area is 134 Å². The monoisotopic (exact) mass is 319 g/mol. The summed E-state index contributed by atoms with van der Waals surface area (Å²) in [6, 6.07) is 9.34. The summed E-state index contributed by atoms with van der Waals surface area (Å²) in [5.41, 5.74) is 1.68. The Hall–Kier alpha value is -1.64. The van der Waals surface area contributed by atoms with Gasteiger partial charge in [-0.15, -0.1) is 0 Å². The summed E-state index contributed by atoms with van der Waals surface area (Å²) in [6.45, 7) is 11.6. The summed E-state index contributed by atoms with van der Waals surface area (Å²) in [4.78, 5) is 11.5. The van der Waals surface area contributed by atoms with Crippen molar-refractivity contribution in [2.45, 2.75) is 51.4 Å². The SMILES string of the molecule is COC(=O)C(C#N)c1ccc(CO[Si](C)(C)C(C)(C)C)cc1. The summed E-state index contributed by atoms with van der Waals surface area (Å²) >= 11 is 0. The third-order valence-corrected chi connectivity index (χ3v) is 8.76. The van der Waals surface area contributed by atoms with Gasteiger partial charge in [0.05, 0.1) is 19.8 Å². The molecule has 1 rings (SSSR count). The van der Waals surface area contributed by atoms with Gasteiger partial charge in [0.1, 0.15) is 0 Å². The first-order valence-electron chi connectivity index (χ1n) is 7.32. The highest BCUT2D eigenvalue weighted by Gasteiger charge is 2.37. The van der Waals surface area contributed by atoms with E-state index in [-0.39, 0.29) is 5.04 Å². The number of rotatable bonds is 5. The topological polar surface area (TPSA) is 59.3 Å².